The van der Waals surface area contributed by atoms with Crippen LogP contribution < -0.4 is 0 Å². The maximum atomic E-state index is 12.7. The van der Waals surface area contributed by atoms with Gasteiger partial charge in [-0.05, 0) is 43.7 Å². The van der Waals surface area contributed by atoms with Crippen LogP contribution in [0.15, 0.2) is 28.8 Å². The second-order valence-electron chi connectivity index (χ2n) is 6.92. The van der Waals surface area contributed by atoms with Crippen molar-refractivity contribution in [3.63, 3.8) is 0 Å². The molecule has 2 aliphatic rings. The third kappa shape index (κ3) is 3.41. The van der Waals surface area contributed by atoms with Crippen LogP contribution in [0.25, 0.3) is 0 Å². The summed E-state index contributed by atoms with van der Waals surface area (Å²) in [4.78, 5) is 19.0. The van der Waals surface area contributed by atoms with Gasteiger partial charge in [-0.3, -0.25) is 4.79 Å². The monoisotopic (exact) mass is 336 g/mol. The van der Waals surface area contributed by atoms with Crippen LogP contribution >= 0.6 is 0 Å². The van der Waals surface area contributed by atoms with Gasteiger partial charge in [0.15, 0.2) is 5.82 Å². The topological polar surface area (TPSA) is 83.0 Å². The molecule has 0 bridgehead atoms. The first-order valence-corrected chi connectivity index (χ1v) is 8.85. The minimum absolute atomic E-state index is 0.0498. The van der Waals surface area contributed by atoms with Crippen LogP contribution in [0.3, 0.4) is 0 Å². The average Bonchev–Trinajstić information content (AvgIpc) is 3.41. The lowest BCUT2D eigenvalue weighted by Gasteiger charge is -2.31. The van der Waals surface area contributed by atoms with E-state index in [9.17, 15) is 10.1 Å². The van der Waals surface area contributed by atoms with Gasteiger partial charge in [0.2, 0.25) is 5.89 Å². The molecule has 1 aromatic carbocycles. The molecule has 0 spiro atoms. The van der Waals surface area contributed by atoms with Gasteiger partial charge in [-0.1, -0.05) is 17.3 Å². The van der Waals surface area contributed by atoms with E-state index in [4.69, 9.17) is 4.52 Å². The lowest BCUT2D eigenvalue weighted by molar-refractivity contribution is 0.0689. The highest BCUT2D eigenvalue weighted by Crippen LogP contribution is 2.39. The number of carbonyl (C=O) groups excluding carboxylic acids is 1. The van der Waals surface area contributed by atoms with E-state index in [0.717, 1.165) is 43.8 Å². The molecule has 2 heterocycles. The van der Waals surface area contributed by atoms with Gasteiger partial charge in [0.25, 0.3) is 5.91 Å². The predicted octanol–water partition coefficient (Wildman–Crippen LogP) is 2.91. The molecule has 1 aliphatic carbocycles. The van der Waals surface area contributed by atoms with Crippen LogP contribution in [0.4, 0.5) is 0 Å². The molecule has 1 saturated carbocycles. The number of hydrogen-bond donors (Lipinski definition) is 0. The molecule has 1 aliphatic heterocycles. The van der Waals surface area contributed by atoms with Crippen LogP contribution in [0.5, 0.6) is 0 Å². The Kier molecular flexibility index (Phi) is 4.22. The largest absolute Gasteiger partial charge is 0.339 e. The van der Waals surface area contributed by atoms with Gasteiger partial charge >= 0.3 is 0 Å². The molecule has 0 unspecified atom stereocenters. The van der Waals surface area contributed by atoms with Gasteiger partial charge in [0.1, 0.15) is 0 Å². The van der Waals surface area contributed by atoms with Crippen LogP contribution in [-0.2, 0) is 6.42 Å². The van der Waals surface area contributed by atoms with E-state index in [2.05, 4.69) is 16.2 Å². The van der Waals surface area contributed by atoms with E-state index in [0.29, 0.717) is 36.1 Å². The van der Waals surface area contributed by atoms with Crippen LogP contribution in [0.1, 0.15) is 59.2 Å². The van der Waals surface area contributed by atoms with Gasteiger partial charge in [-0.25, -0.2) is 0 Å². The number of aromatic nitrogens is 2. The van der Waals surface area contributed by atoms with Crippen molar-refractivity contribution in [1.82, 2.24) is 15.0 Å². The van der Waals surface area contributed by atoms with Crippen molar-refractivity contribution in [3.05, 3.63) is 47.1 Å². The molecule has 25 heavy (non-hydrogen) atoms. The van der Waals surface area contributed by atoms with Gasteiger partial charge in [0.05, 0.1) is 17.2 Å². The van der Waals surface area contributed by atoms with Crippen molar-refractivity contribution < 1.29 is 9.32 Å². The van der Waals surface area contributed by atoms with Gasteiger partial charge in [-0.15, -0.1) is 0 Å². The fraction of sp³-hybridized carbons (Fsp3) is 0.474. The Morgan fingerprint density at radius 1 is 1.24 bits per heavy atom. The highest BCUT2D eigenvalue weighted by Gasteiger charge is 2.30. The lowest BCUT2D eigenvalue weighted by atomic mass is 9.92. The number of piperidine rings is 1. The van der Waals surface area contributed by atoms with Crippen molar-refractivity contribution in [2.24, 2.45) is 5.92 Å². The molecule has 1 aromatic heterocycles. The molecule has 0 N–H and O–H groups in total. The SMILES string of the molecule is N#Cc1ccccc1C(=O)N1CCC(Cc2noc(C3CC3)n2)CC1. The second kappa shape index (κ2) is 6.67. The lowest BCUT2D eigenvalue weighted by Crippen LogP contribution is -2.39. The van der Waals surface area contributed by atoms with E-state index in [1.165, 1.54) is 0 Å². The molecule has 1 saturated heterocycles. The van der Waals surface area contributed by atoms with Crippen LogP contribution in [0, 0.1) is 17.2 Å². The summed E-state index contributed by atoms with van der Waals surface area (Å²) in [5, 5.41) is 13.3. The molecule has 0 radical (unpaired) electrons. The molecular formula is C19H20N4O2. The summed E-state index contributed by atoms with van der Waals surface area (Å²) >= 11 is 0. The summed E-state index contributed by atoms with van der Waals surface area (Å²) in [6, 6.07) is 9.10. The number of benzene rings is 1. The fourth-order valence-corrected chi connectivity index (χ4v) is 3.38. The Bertz CT molecular complexity index is 811. The van der Waals surface area contributed by atoms with E-state index in [1.807, 2.05) is 4.90 Å². The summed E-state index contributed by atoms with van der Waals surface area (Å²) in [6.45, 7) is 1.41. The van der Waals surface area contributed by atoms with Crippen LogP contribution in [0.2, 0.25) is 0 Å². The quantitative estimate of drug-likeness (QED) is 0.857. The van der Waals surface area contributed by atoms with Crippen molar-refractivity contribution >= 4 is 5.91 Å². The first-order chi connectivity index (χ1) is 12.2. The zero-order valence-corrected chi connectivity index (χ0v) is 14.0. The maximum absolute atomic E-state index is 12.7. The number of carbonyl (C=O) groups is 1. The number of nitriles is 1. The van der Waals surface area contributed by atoms with Gasteiger partial charge < -0.3 is 9.42 Å². The normalized spacial score (nSPS) is 18.1. The van der Waals surface area contributed by atoms with Crippen LogP contribution in [-0.4, -0.2) is 34.0 Å². The minimum atomic E-state index is -0.0498. The number of hydrogen-bond acceptors (Lipinski definition) is 5. The zero-order chi connectivity index (χ0) is 17.2. The molecule has 2 fully saturated rings. The molecule has 6 heteroatoms. The molecule has 2 aromatic rings. The smallest absolute Gasteiger partial charge is 0.255 e. The highest BCUT2D eigenvalue weighted by atomic mass is 16.5. The van der Waals surface area contributed by atoms with Crippen molar-refractivity contribution in [3.8, 4) is 6.07 Å². The molecule has 1 amide bonds. The summed E-state index contributed by atoms with van der Waals surface area (Å²) < 4.78 is 5.32. The molecule has 128 valence electrons. The predicted molar refractivity (Wildman–Crippen MR) is 89.8 cm³/mol. The van der Waals surface area contributed by atoms with Crippen molar-refractivity contribution in [2.45, 2.75) is 38.0 Å². The summed E-state index contributed by atoms with van der Waals surface area (Å²) in [5.41, 5.74) is 0.935. The van der Waals surface area contributed by atoms with Gasteiger partial charge in [0, 0.05) is 25.4 Å². The first kappa shape index (κ1) is 15.8. The third-order valence-corrected chi connectivity index (χ3v) is 5.06. The molecular weight excluding hydrogens is 316 g/mol. The third-order valence-electron chi connectivity index (χ3n) is 5.06. The van der Waals surface area contributed by atoms with E-state index in [-0.39, 0.29) is 5.91 Å². The summed E-state index contributed by atoms with van der Waals surface area (Å²) in [7, 11) is 0. The first-order valence-electron chi connectivity index (χ1n) is 8.85. The summed E-state index contributed by atoms with van der Waals surface area (Å²) in [6.07, 6.45) is 4.98. The standard InChI is InChI=1S/C19H20N4O2/c20-12-15-3-1-2-4-16(15)19(24)23-9-7-13(8-10-23)11-17-21-18(25-22-17)14-5-6-14/h1-4,13-14H,5-11H2. The Balaban J connectivity index is 1.34. The fourth-order valence-electron chi connectivity index (χ4n) is 3.38. The number of rotatable bonds is 4. The number of nitrogens with zero attached hydrogens (tertiary/aromatic N) is 4. The average molecular weight is 336 g/mol. The summed E-state index contributed by atoms with van der Waals surface area (Å²) in [5.74, 6) is 2.49. The zero-order valence-electron chi connectivity index (χ0n) is 14.0. The van der Waals surface area contributed by atoms with E-state index in [1.54, 1.807) is 24.3 Å². The van der Waals surface area contributed by atoms with Crippen molar-refractivity contribution in [1.29, 1.82) is 5.26 Å². The molecule has 4 rings (SSSR count). The Hall–Kier alpha value is -2.68. The van der Waals surface area contributed by atoms with Crippen molar-refractivity contribution in [2.75, 3.05) is 13.1 Å². The maximum Gasteiger partial charge on any atom is 0.255 e. The highest BCUT2D eigenvalue weighted by molar-refractivity contribution is 5.96. The van der Waals surface area contributed by atoms with E-state index < -0.39 is 0 Å². The Morgan fingerprint density at radius 3 is 2.72 bits per heavy atom. The second-order valence-corrected chi connectivity index (χ2v) is 6.92. The minimum Gasteiger partial charge on any atom is -0.339 e. The Morgan fingerprint density at radius 2 is 2.00 bits per heavy atom. The molecule has 6 nitrogen and oxygen atoms in total. The molecule has 0 atom stereocenters. The number of likely N-dealkylation sites (tertiary alicyclic amines) is 1. The van der Waals surface area contributed by atoms with E-state index >= 15 is 0 Å². The van der Waals surface area contributed by atoms with Gasteiger partial charge in [-0.2, -0.15) is 10.2 Å². The number of amides is 1. The Labute approximate surface area is 146 Å².